The van der Waals surface area contributed by atoms with Crippen LogP contribution >= 0.6 is 0 Å². The number of hydrogen-bond acceptors (Lipinski definition) is 0. The van der Waals surface area contributed by atoms with Crippen LogP contribution in [-0.4, -0.2) is 0 Å². The van der Waals surface area contributed by atoms with Crippen molar-refractivity contribution in [1.29, 1.82) is 0 Å². The summed E-state index contributed by atoms with van der Waals surface area (Å²) in [6.45, 7) is 4.33. The topological polar surface area (TPSA) is 0 Å². The number of allylic oxidation sites excluding steroid dienone is 4. The summed E-state index contributed by atoms with van der Waals surface area (Å²) in [6, 6.07) is 0. The fourth-order valence-corrected chi connectivity index (χ4v) is 0.716. The van der Waals surface area contributed by atoms with Gasteiger partial charge in [-0.3, -0.25) is 0 Å². The molecule has 1 aliphatic rings. The molecule has 0 amide bonds. The van der Waals surface area contributed by atoms with Crippen LogP contribution in [0.25, 0.3) is 0 Å². The molecule has 0 atom stereocenters. The van der Waals surface area contributed by atoms with Crippen LogP contribution in [0.2, 0.25) is 0 Å². The van der Waals surface area contributed by atoms with Crippen LogP contribution in [0.5, 0.6) is 0 Å². The van der Waals surface area contributed by atoms with E-state index < -0.39 is 0 Å². The van der Waals surface area contributed by atoms with Crippen LogP contribution in [0.1, 0.15) is 20.3 Å². The summed E-state index contributed by atoms with van der Waals surface area (Å²) in [5, 5.41) is 0. The van der Waals surface area contributed by atoms with Gasteiger partial charge in [-0.1, -0.05) is 23.3 Å². The molecular weight excluding hydrogens is 191 g/mol. The second-order valence-electron chi connectivity index (χ2n) is 2.07. The van der Waals surface area contributed by atoms with E-state index in [0.717, 1.165) is 0 Å². The minimum Gasteiger partial charge on any atom is -1.00 e. The van der Waals surface area contributed by atoms with Crippen molar-refractivity contribution in [2.24, 2.45) is 0 Å². The van der Waals surface area contributed by atoms with Crippen molar-refractivity contribution in [3.05, 3.63) is 38.2 Å². The zero-order valence-corrected chi connectivity index (χ0v) is 10.1. The molecule has 11 heavy (non-hydrogen) atoms. The van der Waals surface area contributed by atoms with Gasteiger partial charge in [0.2, 0.25) is 0 Å². The van der Waals surface area contributed by atoms with Crippen molar-refractivity contribution < 1.29 is 34.1 Å². The van der Waals surface area contributed by atoms with E-state index >= 15 is 0 Å². The first-order chi connectivity index (χ1) is 3.30. The molecular formula is C9H16ClTi-. The van der Waals surface area contributed by atoms with Crippen LogP contribution in [0.4, 0.5) is 0 Å². The van der Waals surface area contributed by atoms with E-state index in [0.29, 0.717) is 0 Å². The van der Waals surface area contributed by atoms with Gasteiger partial charge in [0.1, 0.15) is 0 Å². The average Bonchev–Trinajstić information content (AvgIpc) is 1.91. The van der Waals surface area contributed by atoms with E-state index in [1.165, 1.54) is 17.6 Å². The van der Waals surface area contributed by atoms with Crippen molar-refractivity contribution in [2.75, 3.05) is 0 Å². The molecule has 0 saturated heterocycles. The molecule has 0 radical (unpaired) electrons. The van der Waals surface area contributed by atoms with E-state index in [-0.39, 0.29) is 49.0 Å². The van der Waals surface area contributed by atoms with E-state index in [4.69, 9.17) is 0 Å². The predicted molar refractivity (Wildman–Crippen MR) is 45.0 cm³/mol. The minimum atomic E-state index is 0. The summed E-state index contributed by atoms with van der Waals surface area (Å²) in [6.07, 6.45) is 5.55. The Labute approximate surface area is 92.4 Å². The molecule has 0 N–H and O–H groups in total. The van der Waals surface area contributed by atoms with Crippen LogP contribution in [0, 0.1) is 14.9 Å². The average molecular weight is 208 g/mol. The second kappa shape index (κ2) is 10.5. The molecule has 0 aromatic heterocycles. The quantitative estimate of drug-likeness (QED) is 0.393. The standard InChI is InChI=1S/C7H10.2CH3.ClH.Ti/c1-6-4-3-5-7(6)2;;;;/h3-4H,5H2,1-2H3;2*1H3;1H;/q;2*-1;;+2/p-1. The Morgan fingerprint density at radius 2 is 1.64 bits per heavy atom. The maximum Gasteiger partial charge on any atom is 2.00 e. The van der Waals surface area contributed by atoms with Gasteiger partial charge in [0, 0.05) is 0 Å². The number of halogens is 1. The van der Waals surface area contributed by atoms with E-state index in [1.807, 2.05) is 0 Å². The smallest absolute Gasteiger partial charge is 1.00 e. The Balaban J connectivity index is -0.0000000612. The van der Waals surface area contributed by atoms with Crippen molar-refractivity contribution in [2.45, 2.75) is 20.3 Å². The maximum atomic E-state index is 2.20. The zero-order chi connectivity index (χ0) is 5.28. The van der Waals surface area contributed by atoms with Crippen LogP contribution in [0.3, 0.4) is 0 Å². The monoisotopic (exact) mass is 207 g/mol. The van der Waals surface area contributed by atoms with Gasteiger partial charge in [0.15, 0.2) is 0 Å². The van der Waals surface area contributed by atoms with Gasteiger partial charge >= 0.3 is 21.7 Å². The van der Waals surface area contributed by atoms with Crippen molar-refractivity contribution >= 4 is 0 Å². The van der Waals surface area contributed by atoms with Crippen LogP contribution < -0.4 is 12.4 Å². The van der Waals surface area contributed by atoms with E-state index in [9.17, 15) is 0 Å². The van der Waals surface area contributed by atoms with Gasteiger partial charge in [-0.25, -0.2) is 0 Å². The van der Waals surface area contributed by atoms with Gasteiger partial charge in [-0.05, 0) is 20.3 Å². The SMILES string of the molecule is CC1=C(C)CC=C1.[CH3-].[CH3-].[Cl-].[Ti+2]. The first-order valence-corrected chi connectivity index (χ1v) is 2.63. The molecule has 0 spiro atoms. The summed E-state index contributed by atoms with van der Waals surface area (Å²) >= 11 is 0. The van der Waals surface area contributed by atoms with E-state index in [1.54, 1.807) is 0 Å². The van der Waals surface area contributed by atoms with Gasteiger partial charge in [-0.2, -0.15) is 0 Å². The molecule has 0 nitrogen and oxygen atoms in total. The first-order valence-electron chi connectivity index (χ1n) is 2.63. The Morgan fingerprint density at radius 1 is 1.18 bits per heavy atom. The molecule has 0 aromatic rings. The zero-order valence-electron chi connectivity index (χ0n) is 7.74. The summed E-state index contributed by atoms with van der Waals surface area (Å²) in [7, 11) is 0. The number of rotatable bonds is 0. The molecule has 1 rings (SSSR count). The van der Waals surface area contributed by atoms with Gasteiger partial charge in [0.25, 0.3) is 0 Å². The summed E-state index contributed by atoms with van der Waals surface area (Å²) in [5.74, 6) is 0. The summed E-state index contributed by atoms with van der Waals surface area (Å²) < 4.78 is 0. The summed E-state index contributed by atoms with van der Waals surface area (Å²) in [5.41, 5.74) is 2.96. The van der Waals surface area contributed by atoms with Crippen molar-refractivity contribution in [3.8, 4) is 0 Å². The minimum absolute atomic E-state index is 0. The van der Waals surface area contributed by atoms with Gasteiger partial charge in [-0.15, -0.1) is 0 Å². The molecule has 0 aliphatic heterocycles. The molecule has 0 fully saturated rings. The van der Waals surface area contributed by atoms with Crippen LogP contribution in [0.15, 0.2) is 23.3 Å². The Morgan fingerprint density at radius 3 is 1.73 bits per heavy atom. The Kier molecular flexibility index (Phi) is 21.5. The second-order valence-corrected chi connectivity index (χ2v) is 2.07. The summed E-state index contributed by atoms with van der Waals surface area (Å²) in [4.78, 5) is 0. The fraction of sp³-hybridized carbons (Fsp3) is 0.333. The Hall–Kier alpha value is 0.484. The third kappa shape index (κ3) is 6.87. The largest absolute Gasteiger partial charge is 2.00 e. The first kappa shape index (κ1) is 22.5. The third-order valence-corrected chi connectivity index (χ3v) is 1.47. The molecule has 64 valence electrons. The van der Waals surface area contributed by atoms with Gasteiger partial charge < -0.3 is 27.3 Å². The van der Waals surface area contributed by atoms with Crippen molar-refractivity contribution in [3.63, 3.8) is 0 Å². The van der Waals surface area contributed by atoms with Gasteiger partial charge in [0.05, 0.1) is 0 Å². The number of hydrogen-bond donors (Lipinski definition) is 0. The molecule has 1 aliphatic carbocycles. The molecule has 0 aromatic carbocycles. The normalized spacial score (nSPS) is 12.2. The predicted octanol–water partition coefficient (Wildman–Crippen LogP) is 0.185. The Bertz CT molecular complexity index is 136. The van der Waals surface area contributed by atoms with E-state index in [2.05, 4.69) is 26.0 Å². The van der Waals surface area contributed by atoms with Crippen LogP contribution in [-0.2, 0) is 21.7 Å². The third-order valence-electron chi connectivity index (χ3n) is 1.47. The molecule has 0 saturated carbocycles. The molecule has 0 heterocycles. The maximum absolute atomic E-state index is 2.20. The molecule has 2 heteroatoms. The van der Waals surface area contributed by atoms with Crippen molar-refractivity contribution in [1.82, 2.24) is 0 Å². The fourth-order valence-electron chi connectivity index (χ4n) is 0.716. The molecule has 0 unspecified atom stereocenters. The molecule has 0 bridgehead atoms.